The molecule has 132 valence electrons. The van der Waals surface area contributed by atoms with Crippen molar-refractivity contribution in [2.45, 2.75) is 43.9 Å². The summed E-state index contributed by atoms with van der Waals surface area (Å²) in [6, 6.07) is 11.3. The number of benzene rings is 1. The fourth-order valence-electron chi connectivity index (χ4n) is 4.73. The zero-order valence-electron chi connectivity index (χ0n) is 14.5. The van der Waals surface area contributed by atoms with Gasteiger partial charge in [0.1, 0.15) is 5.66 Å². The molecule has 6 heteroatoms. The molecule has 2 N–H and O–H groups in total. The number of amides is 2. The van der Waals surface area contributed by atoms with Gasteiger partial charge in [-0.15, -0.1) is 0 Å². The minimum Gasteiger partial charge on any atom is -0.360 e. The van der Waals surface area contributed by atoms with E-state index in [1.165, 1.54) is 0 Å². The van der Waals surface area contributed by atoms with Crippen LogP contribution in [0, 0.1) is 6.92 Å². The lowest BCUT2D eigenvalue weighted by Gasteiger charge is -2.43. The fourth-order valence-corrected chi connectivity index (χ4v) is 4.73. The number of aromatic nitrogens is 1. The highest BCUT2D eigenvalue weighted by Gasteiger charge is 2.59. The van der Waals surface area contributed by atoms with Crippen LogP contribution >= 0.6 is 0 Å². The number of carbonyl (C=O) groups is 2. The van der Waals surface area contributed by atoms with Gasteiger partial charge in [-0.25, -0.2) is 0 Å². The third-order valence-corrected chi connectivity index (χ3v) is 5.89. The number of hydrogen-bond donors (Lipinski definition) is 2. The Morgan fingerprint density at radius 1 is 1.19 bits per heavy atom. The second-order valence-corrected chi connectivity index (χ2v) is 7.45. The standard InChI is InChI=1S/C20H20N4O2/c1-12-6-7-13(11-21-12)19(26)24-14-8-9-17(24)20(10-14)22-16-5-3-2-4-15(16)18(25)23-20/h2-7,11,14,17,22H,8-10H2,1H3,(H,23,25)/t14-,17+,20-/m0/s1. The van der Waals surface area contributed by atoms with Crippen LogP contribution in [0.4, 0.5) is 5.69 Å². The number of rotatable bonds is 1. The third-order valence-electron chi connectivity index (χ3n) is 5.89. The van der Waals surface area contributed by atoms with Crippen molar-refractivity contribution in [3.63, 3.8) is 0 Å². The van der Waals surface area contributed by atoms with Crippen LogP contribution in [0.25, 0.3) is 0 Å². The first-order valence-electron chi connectivity index (χ1n) is 9.02. The number of carbonyl (C=O) groups excluding carboxylic acids is 2. The van der Waals surface area contributed by atoms with E-state index in [-0.39, 0.29) is 23.9 Å². The summed E-state index contributed by atoms with van der Waals surface area (Å²) in [7, 11) is 0. The smallest absolute Gasteiger partial charge is 0.256 e. The highest BCUT2D eigenvalue weighted by atomic mass is 16.2. The lowest BCUT2D eigenvalue weighted by molar-refractivity contribution is 0.0691. The van der Waals surface area contributed by atoms with Gasteiger partial charge >= 0.3 is 0 Å². The molecule has 0 saturated carbocycles. The van der Waals surface area contributed by atoms with E-state index in [2.05, 4.69) is 15.6 Å². The van der Waals surface area contributed by atoms with E-state index < -0.39 is 5.66 Å². The van der Waals surface area contributed by atoms with E-state index in [4.69, 9.17) is 0 Å². The van der Waals surface area contributed by atoms with Crippen LogP contribution in [0.2, 0.25) is 0 Å². The van der Waals surface area contributed by atoms with Crippen LogP contribution in [0.3, 0.4) is 0 Å². The number of aryl methyl sites for hydroxylation is 1. The quantitative estimate of drug-likeness (QED) is 0.829. The molecule has 3 aliphatic rings. The van der Waals surface area contributed by atoms with Gasteiger partial charge < -0.3 is 15.5 Å². The number of nitrogens with zero attached hydrogens (tertiary/aromatic N) is 2. The lowest BCUT2D eigenvalue weighted by atomic mass is 9.86. The summed E-state index contributed by atoms with van der Waals surface area (Å²) in [6.07, 6.45) is 4.22. The Kier molecular flexibility index (Phi) is 3.13. The van der Waals surface area contributed by atoms with Gasteiger partial charge in [0.25, 0.3) is 11.8 Å². The molecular weight excluding hydrogens is 328 g/mol. The first-order valence-corrected chi connectivity index (χ1v) is 9.02. The van der Waals surface area contributed by atoms with Gasteiger partial charge in [-0.3, -0.25) is 14.6 Å². The predicted octanol–water partition coefficient (Wildman–Crippen LogP) is 2.32. The van der Waals surface area contributed by atoms with Crippen molar-refractivity contribution < 1.29 is 9.59 Å². The largest absolute Gasteiger partial charge is 0.360 e. The number of anilines is 1. The highest BCUT2D eigenvalue weighted by molar-refractivity contribution is 6.02. The molecule has 1 aromatic carbocycles. The number of fused-ring (bicyclic) bond motifs is 4. The van der Waals surface area contributed by atoms with Crippen molar-refractivity contribution in [1.29, 1.82) is 0 Å². The van der Waals surface area contributed by atoms with Gasteiger partial charge in [0.15, 0.2) is 0 Å². The average molecular weight is 348 g/mol. The second kappa shape index (κ2) is 5.30. The van der Waals surface area contributed by atoms with E-state index in [1.54, 1.807) is 6.20 Å². The summed E-state index contributed by atoms with van der Waals surface area (Å²) in [4.78, 5) is 32.0. The number of pyridine rings is 1. The number of hydrogen-bond acceptors (Lipinski definition) is 4. The van der Waals surface area contributed by atoms with Crippen LogP contribution in [0.1, 0.15) is 45.7 Å². The average Bonchev–Trinajstić information content (AvgIpc) is 3.17. The van der Waals surface area contributed by atoms with E-state index in [9.17, 15) is 9.59 Å². The molecule has 4 heterocycles. The van der Waals surface area contributed by atoms with Gasteiger partial charge in [-0.1, -0.05) is 12.1 Å². The Hall–Kier alpha value is -2.89. The van der Waals surface area contributed by atoms with Crippen molar-refractivity contribution in [1.82, 2.24) is 15.2 Å². The third kappa shape index (κ3) is 2.08. The molecule has 26 heavy (non-hydrogen) atoms. The molecular formula is C20H20N4O2. The van der Waals surface area contributed by atoms with Gasteiger partial charge in [0, 0.05) is 30.0 Å². The van der Waals surface area contributed by atoms with Crippen molar-refractivity contribution in [2.24, 2.45) is 0 Å². The monoisotopic (exact) mass is 348 g/mol. The molecule has 0 unspecified atom stereocenters. The maximum Gasteiger partial charge on any atom is 0.256 e. The lowest BCUT2D eigenvalue weighted by Crippen LogP contribution is -2.64. The van der Waals surface area contributed by atoms with Crippen LogP contribution in [0.5, 0.6) is 0 Å². The summed E-state index contributed by atoms with van der Waals surface area (Å²) in [5.74, 6) is -0.0758. The van der Waals surface area contributed by atoms with Crippen LogP contribution < -0.4 is 10.6 Å². The predicted molar refractivity (Wildman–Crippen MR) is 96.8 cm³/mol. The molecule has 5 rings (SSSR count). The maximum atomic E-state index is 13.1. The van der Waals surface area contributed by atoms with Gasteiger partial charge in [0.05, 0.1) is 17.2 Å². The maximum absolute atomic E-state index is 13.1. The molecule has 2 bridgehead atoms. The zero-order valence-corrected chi connectivity index (χ0v) is 14.5. The van der Waals surface area contributed by atoms with E-state index >= 15 is 0 Å². The zero-order chi connectivity index (χ0) is 17.9. The summed E-state index contributed by atoms with van der Waals surface area (Å²) >= 11 is 0. The van der Waals surface area contributed by atoms with Crippen molar-refractivity contribution in [3.8, 4) is 0 Å². The Labute approximate surface area is 151 Å². The molecule has 2 amide bonds. The second-order valence-electron chi connectivity index (χ2n) is 7.45. The van der Waals surface area contributed by atoms with Crippen molar-refractivity contribution in [3.05, 3.63) is 59.4 Å². The molecule has 0 aliphatic carbocycles. The number of para-hydroxylation sites is 1. The Balaban J connectivity index is 1.49. The van der Waals surface area contributed by atoms with Crippen LogP contribution in [-0.2, 0) is 0 Å². The van der Waals surface area contributed by atoms with Gasteiger partial charge in [0.2, 0.25) is 0 Å². The van der Waals surface area contributed by atoms with Crippen molar-refractivity contribution in [2.75, 3.05) is 5.32 Å². The van der Waals surface area contributed by atoms with Crippen LogP contribution in [0.15, 0.2) is 42.6 Å². The number of nitrogens with one attached hydrogen (secondary N) is 2. The van der Waals surface area contributed by atoms with Crippen molar-refractivity contribution >= 4 is 17.5 Å². The molecule has 1 spiro atoms. The SMILES string of the molecule is Cc1ccc(C(=O)N2[C@H]3CC[C@@H]2[C@]2(C3)NC(=O)c3ccccc3N2)cn1. The molecule has 3 aliphatic heterocycles. The Morgan fingerprint density at radius 2 is 2.04 bits per heavy atom. The molecule has 2 saturated heterocycles. The Morgan fingerprint density at radius 3 is 2.85 bits per heavy atom. The summed E-state index contributed by atoms with van der Waals surface area (Å²) in [5, 5.41) is 6.70. The molecule has 2 fully saturated rings. The van der Waals surface area contributed by atoms with Crippen LogP contribution in [-0.4, -0.2) is 39.4 Å². The fraction of sp³-hybridized carbons (Fsp3) is 0.350. The minimum absolute atomic E-state index is 0.00298. The molecule has 1 aromatic heterocycles. The van der Waals surface area contributed by atoms with Gasteiger partial charge in [-0.05, 0) is 44.0 Å². The topological polar surface area (TPSA) is 74.3 Å². The molecule has 0 radical (unpaired) electrons. The highest BCUT2D eigenvalue weighted by Crippen LogP contribution is 2.47. The first-order chi connectivity index (χ1) is 12.6. The normalized spacial score (nSPS) is 28.7. The molecule has 2 aromatic rings. The summed E-state index contributed by atoms with van der Waals surface area (Å²) in [6.45, 7) is 1.90. The minimum atomic E-state index is -0.581. The van der Waals surface area contributed by atoms with E-state index in [0.29, 0.717) is 11.1 Å². The molecule has 6 nitrogen and oxygen atoms in total. The van der Waals surface area contributed by atoms with E-state index in [0.717, 1.165) is 30.6 Å². The summed E-state index contributed by atoms with van der Waals surface area (Å²) in [5.41, 5.74) is 2.41. The Bertz CT molecular complexity index is 910. The van der Waals surface area contributed by atoms with Gasteiger partial charge in [-0.2, -0.15) is 0 Å². The first kappa shape index (κ1) is 15.4. The van der Waals surface area contributed by atoms with E-state index in [1.807, 2.05) is 48.2 Å². The summed E-state index contributed by atoms with van der Waals surface area (Å²) < 4.78 is 0. The molecule has 3 atom stereocenters.